The number of carbonyl (C=O) groups excluding carboxylic acids is 4. The van der Waals surface area contributed by atoms with Crippen LogP contribution in [0.25, 0.3) is 0 Å². The first-order valence-electron chi connectivity index (χ1n) is 18.4. The normalized spacial score (nSPS) is 17.5. The predicted octanol–water partition coefficient (Wildman–Crippen LogP) is 5.38. The molecular weight excluding hydrogens is 794 g/mol. The number of ether oxygens (including phenoxy) is 1. The molecule has 0 spiro atoms. The van der Waals surface area contributed by atoms with Crippen molar-refractivity contribution in [2.24, 2.45) is 0 Å². The average molecular weight is 835 g/mol. The first-order chi connectivity index (χ1) is 27.8. The molecule has 16 nitrogen and oxygen atoms in total. The molecule has 4 heterocycles. The molecule has 0 saturated carbocycles. The molecule has 3 aliphatic rings. The molecule has 2 fully saturated rings. The van der Waals surface area contributed by atoms with E-state index >= 15 is 4.39 Å². The zero-order valence-corrected chi connectivity index (χ0v) is 33.7. The number of nitrogens with one attached hydrogen (secondary N) is 3. The van der Waals surface area contributed by atoms with Crippen molar-refractivity contribution in [2.45, 2.75) is 44.3 Å². The van der Waals surface area contributed by atoms with Crippen molar-refractivity contribution in [3.63, 3.8) is 0 Å². The van der Waals surface area contributed by atoms with Gasteiger partial charge in [0.15, 0.2) is 5.82 Å². The third kappa shape index (κ3) is 7.87. The summed E-state index contributed by atoms with van der Waals surface area (Å²) in [5.74, 6) is -2.59. The lowest BCUT2D eigenvalue weighted by Crippen LogP contribution is -2.54. The SMILES string of the molecule is COc1cc(N2CCC(N(C)Cc3ccc4c(c3F)C(=O)N(C3CCC(=O)NC3=O)C4=O)CC2)ccc1Nc1ncc(Cl)c(Nc2ccccc2P(=O)(OC)OC)n1. The van der Waals surface area contributed by atoms with Crippen molar-refractivity contribution in [3.05, 3.63) is 88.3 Å². The summed E-state index contributed by atoms with van der Waals surface area (Å²) in [7, 11) is 2.48. The highest BCUT2D eigenvalue weighted by atomic mass is 35.5. The summed E-state index contributed by atoms with van der Waals surface area (Å²) < 4.78 is 45.2. The number of fused-ring (bicyclic) bond motifs is 1. The number of halogens is 2. The molecule has 1 atom stereocenters. The molecule has 3 N–H and O–H groups in total. The van der Waals surface area contributed by atoms with Crippen LogP contribution in [-0.2, 0) is 29.7 Å². The van der Waals surface area contributed by atoms with Gasteiger partial charge < -0.3 is 29.3 Å². The third-order valence-electron chi connectivity index (χ3n) is 10.6. The smallest absolute Gasteiger partial charge is 0.362 e. The van der Waals surface area contributed by atoms with E-state index in [4.69, 9.17) is 25.4 Å². The van der Waals surface area contributed by atoms with Crippen LogP contribution in [-0.4, -0.2) is 96.9 Å². The summed E-state index contributed by atoms with van der Waals surface area (Å²) in [5, 5.41) is 8.99. The van der Waals surface area contributed by atoms with Crippen molar-refractivity contribution < 1.29 is 41.9 Å². The van der Waals surface area contributed by atoms with E-state index in [0.717, 1.165) is 23.4 Å². The van der Waals surface area contributed by atoms with Gasteiger partial charge in [-0.1, -0.05) is 29.8 Å². The zero-order valence-electron chi connectivity index (χ0n) is 32.1. The number of carbonyl (C=O) groups is 4. The number of anilines is 5. The summed E-state index contributed by atoms with van der Waals surface area (Å²) in [6, 6.07) is 14.4. The number of piperidine rings is 2. The van der Waals surface area contributed by atoms with Crippen LogP contribution in [0.5, 0.6) is 5.75 Å². The van der Waals surface area contributed by atoms with Crippen LogP contribution >= 0.6 is 19.2 Å². The minimum absolute atomic E-state index is 0.00731. The molecule has 19 heteroatoms. The molecule has 3 aliphatic heterocycles. The van der Waals surface area contributed by atoms with Crippen molar-refractivity contribution in [1.29, 1.82) is 0 Å². The number of imide groups is 2. The van der Waals surface area contributed by atoms with Gasteiger partial charge in [-0.05, 0) is 56.6 Å². The van der Waals surface area contributed by atoms with E-state index in [1.807, 2.05) is 30.1 Å². The highest BCUT2D eigenvalue weighted by Crippen LogP contribution is 2.47. The van der Waals surface area contributed by atoms with Crippen LogP contribution in [0, 0.1) is 5.82 Å². The predicted molar refractivity (Wildman–Crippen MR) is 214 cm³/mol. The Labute approximate surface area is 338 Å². The highest BCUT2D eigenvalue weighted by Gasteiger charge is 2.46. The Hall–Kier alpha value is -5.45. The second-order valence-corrected chi connectivity index (χ2v) is 16.6. The lowest BCUT2D eigenvalue weighted by molar-refractivity contribution is -0.136. The fourth-order valence-corrected chi connectivity index (χ4v) is 8.85. The second kappa shape index (κ2) is 16.8. The maximum Gasteiger partial charge on any atom is 0.362 e. The average Bonchev–Trinajstić information content (AvgIpc) is 3.48. The summed E-state index contributed by atoms with van der Waals surface area (Å²) in [6.45, 7) is 1.62. The Morgan fingerprint density at radius 2 is 1.71 bits per heavy atom. The number of rotatable bonds is 13. The molecule has 4 amide bonds. The lowest BCUT2D eigenvalue weighted by Gasteiger charge is -2.38. The van der Waals surface area contributed by atoms with Crippen LogP contribution in [0.1, 0.15) is 52.0 Å². The molecule has 2 saturated heterocycles. The second-order valence-electron chi connectivity index (χ2n) is 13.9. The molecule has 0 aliphatic carbocycles. The highest BCUT2D eigenvalue weighted by molar-refractivity contribution is 7.62. The van der Waals surface area contributed by atoms with Crippen LogP contribution in [0.3, 0.4) is 0 Å². The Balaban J connectivity index is 0.984. The quantitative estimate of drug-likeness (QED) is 0.115. The van der Waals surface area contributed by atoms with E-state index < -0.39 is 43.1 Å². The van der Waals surface area contributed by atoms with Crippen molar-refractivity contribution in [1.82, 2.24) is 25.1 Å². The minimum atomic E-state index is -3.60. The van der Waals surface area contributed by atoms with Crippen molar-refractivity contribution in [2.75, 3.05) is 57.0 Å². The van der Waals surface area contributed by atoms with Gasteiger partial charge in [-0.3, -0.25) is 38.9 Å². The number of amides is 4. The molecule has 0 bridgehead atoms. The van der Waals surface area contributed by atoms with Crippen LogP contribution in [0.4, 0.5) is 33.2 Å². The summed E-state index contributed by atoms with van der Waals surface area (Å²) in [4.78, 5) is 64.4. The van der Waals surface area contributed by atoms with Gasteiger partial charge in [0.1, 0.15) is 22.6 Å². The number of nitrogens with zero attached hydrogens (tertiary/aromatic N) is 5. The molecule has 3 aromatic carbocycles. The topological polar surface area (TPSA) is 185 Å². The Morgan fingerprint density at radius 1 is 0.966 bits per heavy atom. The molecule has 1 aromatic heterocycles. The standard InChI is InChI=1S/C39H41ClFN8O8P/c1-47(21-22-9-11-25-33(34(22)41)38(53)49(37(25)52)29-13-14-32(50)45-36(29)51)23-15-17-48(18-16-23)24-10-12-27(30(19-24)55-2)44-39-42-20-26(40)35(46-39)43-28-7-5-6-8-31(28)58(54,56-3)57-4/h5-12,19-20,23,29H,13-18,21H2,1-4H3,(H,45,50,51)(H2,42,43,44,46). The third-order valence-corrected chi connectivity index (χ3v) is 12.8. The number of aromatic nitrogens is 2. The van der Waals surface area contributed by atoms with Crippen molar-refractivity contribution >= 4 is 77.0 Å². The Kier molecular flexibility index (Phi) is 11.8. The fourth-order valence-electron chi connectivity index (χ4n) is 7.48. The van der Waals surface area contributed by atoms with Crippen LogP contribution in [0.2, 0.25) is 5.02 Å². The minimum Gasteiger partial charge on any atom is -0.494 e. The van der Waals surface area contributed by atoms with Gasteiger partial charge in [0.25, 0.3) is 11.8 Å². The maximum absolute atomic E-state index is 15.9. The largest absolute Gasteiger partial charge is 0.494 e. The van der Waals surface area contributed by atoms with Gasteiger partial charge in [-0.2, -0.15) is 4.98 Å². The Bertz CT molecular complexity index is 2340. The van der Waals surface area contributed by atoms with Gasteiger partial charge in [0, 0.05) is 63.6 Å². The van der Waals surface area contributed by atoms with Gasteiger partial charge in [0.05, 0.1) is 41.1 Å². The molecular formula is C39H41ClFN8O8P. The molecule has 4 aromatic rings. The first-order valence-corrected chi connectivity index (χ1v) is 20.3. The number of methoxy groups -OCH3 is 1. The zero-order chi connectivity index (χ0) is 41.3. The fraction of sp³-hybridized carbons (Fsp3) is 0.333. The summed E-state index contributed by atoms with van der Waals surface area (Å²) in [5.41, 5.74) is 1.81. The van der Waals surface area contributed by atoms with Crippen molar-refractivity contribution in [3.8, 4) is 5.75 Å². The monoisotopic (exact) mass is 834 g/mol. The summed E-state index contributed by atoms with van der Waals surface area (Å²) >= 11 is 6.45. The first kappa shape index (κ1) is 40.7. The van der Waals surface area contributed by atoms with E-state index in [9.17, 15) is 23.7 Å². The number of hydrogen-bond acceptors (Lipinski definition) is 14. The molecule has 0 radical (unpaired) electrons. The van der Waals surface area contributed by atoms with E-state index in [0.29, 0.717) is 35.5 Å². The lowest BCUT2D eigenvalue weighted by atomic mass is 10.0. The van der Waals surface area contributed by atoms with E-state index in [1.54, 1.807) is 31.4 Å². The van der Waals surface area contributed by atoms with Gasteiger partial charge >= 0.3 is 7.60 Å². The molecule has 1 unspecified atom stereocenters. The number of benzene rings is 3. The summed E-state index contributed by atoms with van der Waals surface area (Å²) in [6.07, 6.45) is 2.95. The Morgan fingerprint density at radius 3 is 2.41 bits per heavy atom. The van der Waals surface area contributed by atoms with E-state index in [1.165, 1.54) is 32.5 Å². The van der Waals surface area contributed by atoms with E-state index in [-0.39, 0.29) is 58.9 Å². The van der Waals surface area contributed by atoms with Crippen LogP contribution in [0.15, 0.2) is 60.8 Å². The maximum atomic E-state index is 15.9. The van der Waals surface area contributed by atoms with Gasteiger partial charge in [-0.25, -0.2) is 9.37 Å². The molecule has 58 heavy (non-hydrogen) atoms. The molecule has 7 rings (SSSR count). The van der Waals surface area contributed by atoms with Crippen LogP contribution < -0.4 is 30.9 Å². The number of para-hydroxylation sites is 1. The number of hydrogen-bond donors (Lipinski definition) is 3. The molecule has 304 valence electrons. The van der Waals surface area contributed by atoms with Gasteiger partial charge in [-0.15, -0.1) is 0 Å². The van der Waals surface area contributed by atoms with Gasteiger partial charge in [0.2, 0.25) is 17.8 Å². The van der Waals surface area contributed by atoms with E-state index in [2.05, 4.69) is 30.8 Å².